The van der Waals surface area contributed by atoms with Gasteiger partial charge in [0.05, 0.1) is 0 Å². The highest BCUT2D eigenvalue weighted by Crippen LogP contribution is 2.28. The number of aliphatic carboxylic acids is 1. The largest absolute Gasteiger partial charge is 0.480 e. The number of carbonyl (C=O) groups is 2. The molecule has 1 aliphatic heterocycles. The second kappa shape index (κ2) is 6.11. The van der Waals surface area contributed by atoms with Gasteiger partial charge in [-0.05, 0) is 30.9 Å². The molecule has 1 aromatic heterocycles. The van der Waals surface area contributed by atoms with E-state index in [9.17, 15) is 14.7 Å². The number of anilines is 1. The van der Waals surface area contributed by atoms with Gasteiger partial charge in [0.25, 0.3) is 5.91 Å². The van der Waals surface area contributed by atoms with Gasteiger partial charge in [0, 0.05) is 32.5 Å². The van der Waals surface area contributed by atoms with Crippen LogP contribution < -0.4 is 4.90 Å². The topological polar surface area (TPSA) is 73.7 Å². The molecule has 2 rings (SSSR count). The van der Waals surface area contributed by atoms with Gasteiger partial charge in [-0.1, -0.05) is 6.92 Å². The van der Waals surface area contributed by atoms with Crippen LogP contribution in [0.1, 0.15) is 30.3 Å². The molecular weight excluding hydrogens is 270 g/mol. The van der Waals surface area contributed by atoms with Crippen molar-refractivity contribution >= 4 is 17.6 Å². The van der Waals surface area contributed by atoms with Crippen LogP contribution in [0.2, 0.25) is 0 Å². The normalized spacial score (nSPS) is 22.0. The van der Waals surface area contributed by atoms with Gasteiger partial charge in [0.15, 0.2) is 0 Å². The molecule has 21 heavy (non-hydrogen) atoms. The van der Waals surface area contributed by atoms with Crippen molar-refractivity contribution in [2.45, 2.75) is 25.8 Å². The molecule has 2 unspecified atom stereocenters. The van der Waals surface area contributed by atoms with E-state index in [0.29, 0.717) is 24.6 Å². The number of aromatic nitrogens is 1. The summed E-state index contributed by atoms with van der Waals surface area (Å²) in [5.74, 6) is -0.611. The smallest absolute Gasteiger partial charge is 0.326 e. The van der Waals surface area contributed by atoms with Gasteiger partial charge in [-0.25, -0.2) is 4.79 Å². The molecule has 0 aromatic carbocycles. The van der Waals surface area contributed by atoms with Crippen molar-refractivity contribution in [3.8, 4) is 0 Å². The fourth-order valence-electron chi connectivity index (χ4n) is 2.63. The molecule has 1 amide bonds. The van der Waals surface area contributed by atoms with Crippen LogP contribution in [0, 0.1) is 5.92 Å². The fourth-order valence-corrected chi connectivity index (χ4v) is 2.63. The lowest BCUT2D eigenvalue weighted by Gasteiger charge is -2.37. The lowest BCUT2D eigenvalue weighted by atomic mass is 9.92. The van der Waals surface area contributed by atoms with Crippen molar-refractivity contribution in [3.63, 3.8) is 0 Å². The zero-order valence-corrected chi connectivity index (χ0v) is 12.6. The number of hydrogen-bond donors (Lipinski definition) is 1. The molecule has 0 aliphatic carbocycles. The summed E-state index contributed by atoms with van der Waals surface area (Å²) in [4.78, 5) is 30.8. The highest BCUT2D eigenvalue weighted by Gasteiger charge is 2.32. The van der Waals surface area contributed by atoms with Crippen LogP contribution in [0.4, 0.5) is 5.69 Å². The molecule has 1 aliphatic rings. The van der Waals surface area contributed by atoms with E-state index in [2.05, 4.69) is 11.9 Å². The molecule has 114 valence electrons. The molecule has 0 saturated carbocycles. The number of hydrogen-bond acceptors (Lipinski definition) is 4. The molecule has 6 heteroatoms. The molecule has 6 nitrogen and oxygen atoms in total. The van der Waals surface area contributed by atoms with Gasteiger partial charge in [-0.3, -0.25) is 9.78 Å². The summed E-state index contributed by atoms with van der Waals surface area (Å²) in [6, 6.07) is 2.89. The van der Waals surface area contributed by atoms with E-state index >= 15 is 0 Å². The van der Waals surface area contributed by atoms with Crippen LogP contribution in [0.25, 0.3) is 0 Å². The first-order valence-electron chi connectivity index (χ1n) is 7.07. The van der Waals surface area contributed by atoms with Crippen LogP contribution in [0.3, 0.4) is 0 Å². The predicted molar refractivity (Wildman–Crippen MR) is 79.4 cm³/mol. The second-order valence-electron chi connectivity index (χ2n) is 5.78. The Balaban J connectivity index is 2.30. The average molecular weight is 291 g/mol. The summed E-state index contributed by atoms with van der Waals surface area (Å²) < 4.78 is 0. The van der Waals surface area contributed by atoms with E-state index in [4.69, 9.17) is 0 Å². The van der Waals surface area contributed by atoms with Gasteiger partial charge < -0.3 is 14.9 Å². The molecule has 1 N–H and O–H groups in total. The third-order valence-electron chi connectivity index (χ3n) is 3.85. The summed E-state index contributed by atoms with van der Waals surface area (Å²) in [5, 5.41) is 9.42. The second-order valence-corrected chi connectivity index (χ2v) is 5.78. The molecular formula is C15H21N3O3. The number of amides is 1. The Kier molecular flexibility index (Phi) is 4.45. The van der Waals surface area contributed by atoms with Gasteiger partial charge in [0.1, 0.15) is 11.7 Å². The van der Waals surface area contributed by atoms with E-state index < -0.39 is 12.0 Å². The van der Waals surface area contributed by atoms with Crippen molar-refractivity contribution in [2.24, 2.45) is 5.92 Å². The van der Waals surface area contributed by atoms with Crippen molar-refractivity contribution in [3.05, 3.63) is 24.0 Å². The standard InChI is InChI=1S/C15H21N3O3/c1-10-5-7-18(13(8-10)15(20)21)11-4-6-16-12(9-11)14(19)17(2)3/h4,6,9-10,13H,5,7-8H2,1-3H3,(H,20,21). The summed E-state index contributed by atoms with van der Waals surface area (Å²) >= 11 is 0. The van der Waals surface area contributed by atoms with Crippen molar-refractivity contribution in [2.75, 3.05) is 25.5 Å². The highest BCUT2D eigenvalue weighted by atomic mass is 16.4. The zero-order chi connectivity index (χ0) is 15.6. The van der Waals surface area contributed by atoms with Crippen molar-refractivity contribution in [1.82, 2.24) is 9.88 Å². The fraction of sp³-hybridized carbons (Fsp3) is 0.533. The Bertz CT molecular complexity index is 545. The molecule has 0 spiro atoms. The Morgan fingerprint density at radius 3 is 2.76 bits per heavy atom. The number of rotatable bonds is 3. The minimum atomic E-state index is -0.821. The minimum Gasteiger partial charge on any atom is -0.480 e. The summed E-state index contributed by atoms with van der Waals surface area (Å²) in [7, 11) is 3.33. The summed E-state index contributed by atoms with van der Waals surface area (Å²) in [5.41, 5.74) is 1.08. The van der Waals surface area contributed by atoms with Crippen LogP contribution in [-0.2, 0) is 4.79 Å². The lowest BCUT2D eigenvalue weighted by Crippen LogP contribution is -2.47. The maximum Gasteiger partial charge on any atom is 0.326 e. The third-order valence-corrected chi connectivity index (χ3v) is 3.85. The monoisotopic (exact) mass is 291 g/mol. The quantitative estimate of drug-likeness (QED) is 0.913. The Morgan fingerprint density at radius 2 is 2.14 bits per heavy atom. The van der Waals surface area contributed by atoms with Gasteiger partial charge in [-0.2, -0.15) is 0 Å². The number of nitrogens with zero attached hydrogens (tertiary/aromatic N) is 3. The van der Waals surface area contributed by atoms with Crippen LogP contribution in [0.15, 0.2) is 18.3 Å². The van der Waals surface area contributed by atoms with Crippen LogP contribution in [-0.4, -0.2) is 53.5 Å². The van der Waals surface area contributed by atoms with Gasteiger partial charge in [0.2, 0.25) is 0 Å². The molecule has 2 atom stereocenters. The Morgan fingerprint density at radius 1 is 1.43 bits per heavy atom. The lowest BCUT2D eigenvalue weighted by molar-refractivity contribution is -0.139. The van der Waals surface area contributed by atoms with Gasteiger partial charge in [-0.15, -0.1) is 0 Å². The van der Waals surface area contributed by atoms with E-state index in [1.54, 1.807) is 32.4 Å². The first-order valence-corrected chi connectivity index (χ1v) is 7.07. The summed E-state index contributed by atoms with van der Waals surface area (Å²) in [6.07, 6.45) is 3.13. The van der Waals surface area contributed by atoms with E-state index in [1.807, 2.05) is 4.90 Å². The Labute approximate surface area is 124 Å². The van der Waals surface area contributed by atoms with Crippen molar-refractivity contribution < 1.29 is 14.7 Å². The maximum absolute atomic E-state index is 12.0. The first-order chi connectivity index (χ1) is 9.90. The first kappa shape index (κ1) is 15.3. The predicted octanol–water partition coefficient (Wildman–Crippen LogP) is 1.47. The number of piperidine rings is 1. The average Bonchev–Trinajstić information content (AvgIpc) is 2.46. The summed E-state index contributed by atoms with van der Waals surface area (Å²) in [6.45, 7) is 2.75. The third kappa shape index (κ3) is 3.32. The van der Waals surface area contributed by atoms with Gasteiger partial charge >= 0.3 is 5.97 Å². The van der Waals surface area contributed by atoms with E-state index in [1.165, 1.54) is 4.90 Å². The number of carbonyl (C=O) groups excluding carboxylic acids is 1. The SMILES string of the molecule is CC1CCN(c2ccnc(C(=O)N(C)C)c2)C(C(=O)O)C1. The molecule has 1 fully saturated rings. The number of pyridine rings is 1. The van der Waals surface area contributed by atoms with E-state index in [-0.39, 0.29) is 5.91 Å². The minimum absolute atomic E-state index is 0.186. The number of carboxylic acid groups (broad SMARTS) is 1. The molecule has 1 saturated heterocycles. The molecule has 1 aromatic rings. The van der Waals surface area contributed by atoms with Crippen LogP contribution in [0.5, 0.6) is 0 Å². The van der Waals surface area contributed by atoms with Crippen LogP contribution >= 0.6 is 0 Å². The molecule has 0 bridgehead atoms. The molecule has 0 radical (unpaired) electrons. The van der Waals surface area contributed by atoms with Crippen molar-refractivity contribution in [1.29, 1.82) is 0 Å². The number of carboxylic acids is 1. The zero-order valence-electron chi connectivity index (χ0n) is 12.6. The Hall–Kier alpha value is -2.11. The molecule has 2 heterocycles. The van der Waals surface area contributed by atoms with E-state index in [0.717, 1.165) is 12.1 Å². The highest BCUT2D eigenvalue weighted by molar-refractivity contribution is 5.93. The maximum atomic E-state index is 12.0.